The quantitative estimate of drug-likeness (QED) is 0.888. The molecular formula is C18H22N2O3. The number of nitrogens with one attached hydrogen (secondary N) is 1. The number of hydrogen-bond donors (Lipinski definition) is 1. The van der Waals surface area contributed by atoms with Crippen molar-refractivity contribution in [1.82, 2.24) is 4.98 Å². The molecule has 0 saturated heterocycles. The van der Waals surface area contributed by atoms with Crippen LogP contribution in [0.15, 0.2) is 30.5 Å². The fraction of sp³-hybridized carbons (Fsp3) is 0.444. The summed E-state index contributed by atoms with van der Waals surface area (Å²) in [5, 5.41) is 3.87. The van der Waals surface area contributed by atoms with Crippen LogP contribution in [0.1, 0.15) is 26.7 Å². The average molecular weight is 314 g/mol. The molecular weight excluding hydrogens is 292 g/mol. The fourth-order valence-electron chi connectivity index (χ4n) is 2.85. The number of carbonyl (C=O) groups is 1. The molecule has 0 unspecified atom stereocenters. The maximum atomic E-state index is 12.7. The lowest BCUT2D eigenvalue weighted by Gasteiger charge is -2.27. The lowest BCUT2D eigenvalue weighted by Crippen LogP contribution is -2.44. The van der Waals surface area contributed by atoms with Crippen LogP contribution in [0.25, 0.3) is 10.9 Å². The van der Waals surface area contributed by atoms with Crippen LogP contribution >= 0.6 is 0 Å². The van der Waals surface area contributed by atoms with Crippen molar-refractivity contribution < 1.29 is 14.3 Å². The third-order valence-electron chi connectivity index (χ3n) is 4.51. The van der Waals surface area contributed by atoms with Crippen LogP contribution in [0.3, 0.4) is 0 Å². The van der Waals surface area contributed by atoms with Gasteiger partial charge in [0, 0.05) is 18.7 Å². The van der Waals surface area contributed by atoms with Gasteiger partial charge in [-0.1, -0.05) is 0 Å². The zero-order chi connectivity index (χ0) is 16.4. The molecule has 1 amide bonds. The average Bonchev–Trinajstić information content (AvgIpc) is 3.41. The van der Waals surface area contributed by atoms with Gasteiger partial charge in [-0.2, -0.15) is 0 Å². The van der Waals surface area contributed by atoms with E-state index in [0.29, 0.717) is 12.5 Å². The smallest absolute Gasteiger partial charge is 0.256 e. The summed E-state index contributed by atoms with van der Waals surface area (Å²) in [5.74, 6) is 0.897. The molecule has 1 N–H and O–H groups in total. The van der Waals surface area contributed by atoms with Crippen molar-refractivity contribution in [3.63, 3.8) is 0 Å². The lowest BCUT2D eigenvalue weighted by atomic mass is 9.98. The van der Waals surface area contributed by atoms with Gasteiger partial charge in [0.15, 0.2) is 0 Å². The Morgan fingerprint density at radius 1 is 1.39 bits per heavy atom. The zero-order valence-corrected chi connectivity index (χ0v) is 13.8. The number of hydrogen-bond acceptors (Lipinski definition) is 4. The maximum Gasteiger partial charge on any atom is 0.256 e. The highest BCUT2D eigenvalue weighted by atomic mass is 16.5. The molecule has 0 radical (unpaired) electrons. The van der Waals surface area contributed by atoms with Gasteiger partial charge in [0.1, 0.15) is 16.9 Å². The molecule has 1 fully saturated rings. The molecule has 122 valence electrons. The van der Waals surface area contributed by atoms with Gasteiger partial charge in [-0.25, -0.2) is 0 Å². The molecule has 0 bridgehead atoms. The van der Waals surface area contributed by atoms with Gasteiger partial charge in [-0.15, -0.1) is 0 Å². The second kappa shape index (κ2) is 6.16. The number of fused-ring (bicyclic) bond motifs is 1. The minimum absolute atomic E-state index is 0.114. The van der Waals surface area contributed by atoms with Crippen molar-refractivity contribution in [2.45, 2.75) is 32.3 Å². The van der Waals surface area contributed by atoms with Crippen molar-refractivity contribution in [3.8, 4) is 5.75 Å². The molecule has 0 spiro atoms. The summed E-state index contributed by atoms with van der Waals surface area (Å²) in [6.45, 7) is 4.36. The molecule has 2 aromatic rings. The number of nitrogens with zero attached hydrogens (tertiary/aromatic N) is 1. The monoisotopic (exact) mass is 314 g/mol. The number of anilines is 1. The van der Waals surface area contributed by atoms with Crippen molar-refractivity contribution in [2.24, 2.45) is 5.92 Å². The molecule has 23 heavy (non-hydrogen) atoms. The third kappa shape index (κ3) is 2.88. The minimum atomic E-state index is -0.785. The zero-order valence-electron chi connectivity index (χ0n) is 13.8. The third-order valence-corrected chi connectivity index (χ3v) is 4.51. The Hall–Kier alpha value is -2.14. The van der Waals surface area contributed by atoms with Crippen LogP contribution in [0.5, 0.6) is 5.75 Å². The van der Waals surface area contributed by atoms with Crippen LogP contribution in [0.2, 0.25) is 0 Å². The summed E-state index contributed by atoms with van der Waals surface area (Å²) in [4.78, 5) is 17.1. The SMILES string of the molecule is CCOc1ccc(NC(=O)[C@](C)(OC)C2CC2)c2cccnc12. The Balaban J connectivity index is 1.94. The van der Waals surface area contributed by atoms with Crippen molar-refractivity contribution in [3.05, 3.63) is 30.5 Å². The predicted octanol–water partition coefficient (Wildman–Crippen LogP) is 3.39. The highest BCUT2D eigenvalue weighted by molar-refractivity contribution is 6.05. The lowest BCUT2D eigenvalue weighted by molar-refractivity contribution is -0.138. The van der Waals surface area contributed by atoms with E-state index >= 15 is 0 Å². The highest BCUT2D eigenvalue weighted by Gasteiger charge is 2.47. The molecule has 1 heterocycles. The number of amides is 1. The Kier molecular flexibility index (Phi) is 4.22. The van der Waals surface area contributed by atoms with Crippen LogP contribution in [-0.4, -0.2) is 30.2 Å². The van der Waals surface area contributed by atoms with Gasteiger partial charge >= 0.3 is 0 Å². The van der Waals surface area contributed by atoms with Gasteiger partial charge in [0.25, 0.3) is 5.91 Å². The summed E-state index contributed by atoms with van der Waals surface area (Å²) in [7, 11) is 1.59. The molecule has 1 aliphatic carbocycles. The minimum Gasteiger partial charge on any atom is -0.492 e. The fourth-order valence-corrected chi connectivity index (χ4v) is 2.85. The van der Waals surface area contributed by atoms with Crippen LogP contribution in [-0.2, 0) is 9.53 Å². The van der Waals surface area contributed by atoms with E-state index in [0.717, 1.165) is 35.2 Å². The normalized spacial score (nSPS) is 16.8. The maximum absolute atomic E-state index is 12.7. The summed E-state index contributed by atoms with van der Waals surface area (Å²) < 4.78 is 11.1. The van der Waals surface area contributed by atoms with E-state index in [-0.39, 0.29) is 5.91 Å². The van der Waals surface area contributed by atoms with E-state index in [4.69, 9.17) is 9.47 Å². The molecule has 3 rings (SSSR count). The number of benzene rings is 1. The summed E-state index contributed by atoms with van der Waals surface area (Å²) in [5.41, 5.74) is 0.691. The predicted molar refractivity (Wildman–Crippen MR) is 89.7 cm³/mol. The molecule has 1 aromatic heterocycles. The molecule has 1 aliphatic rings. The Labute approximate surface area is 136 Å². The van der Waals surface area contributed by atoms with Crippen LogP contribution < -0.4 is 10.1 Å². The van der Waals surface area contributed by atoms with E-state index in [9.17, 15) is 4.79 Å². The van der Waals surface area contributed by atoms with E-state index in [1.807, 2.05) is 38.1 Å². The number of ether oxygens (including phenoxy) is 2. The first kappa shape index (κ1) is 15.7. The summed E-state index contributed by atoms with van der Waals surface area (Å²) >= 11 is 0. The van der Waals surface area contributed by atoms with E-state index in [1.165, 1.54) is 0 Å². The highest BCUT2D eigenvalue weighted by Crippen LogP contribution is 2.42. The molecule has 1 atom stereocenters. The van der Waals surface area contributed by atoms with E-state index in [2.05, 4.69) is 10.3 Å². The van der Waals surface area contributed by atoms with Crippen molar-refractivity contribution in [2.75, 3.05) is 19.0 Å². The molecule has 5 nitrogen and oxygen atoms in total. The summed E-state index contributed by atoms with van der Waals surface area (Å²) in [6.07, 6.45) is 3.78. The number of carbonyl (C=O) groups excluding carboxylic acids is 1. The van der Waals surface area contributed by atoms with Gasteiger partial charge in [-0.05, 0) is 56.9 Å². The Bertz CT molecular complexity index is 727. The number of methoxy groups -OCH3 is 1. The van der Waals surface area contributed by atoms with E-state index in [1.54, 1.807) is 13.3 Å². The Morgan fingerprint density at radius 2 is 2.17 bits per heavy atom. The van der Waals surface area contributed by atoms with Gasteiger partial charge < -0.3 is 14.8 Å². The number of pyridine rings is 1. The van der Waals surface area contributed by atoms with Crippen molar-refractivity contribution >= 4 is 22.5 Å². The first-order valence-corrected chi connectivity index (χ1v) is 7.97. The van der Waals surface area contributed by atoms with Crippen LogP contribution in [0, 0.1) is 5.92 Å². The molecule has 1 saturated carbocycles. The number of rotatable bonds is 6. The topological polar surface area (TPSA) is 60.5 Å². The van der Waals surface area contributed by atoms with Gasteiger partial charge in [-0.3, -0.25) is 9.78 Å². The van der Waals surface area contributed by atoms with Gasteiger partial charge in [0.2, 0.25) is 0 Å². The Morgan fingerprint density at radius 3 is 2.83 bits per heavy atom. The van der Waals surface area contributed by atoms with Crippen LogP contribution in [0.4, 0.5) is 5.69 Å². The summed E-state index contributed by atoms with van der Waals surface area (Å²) in [6, 6.07) is 7.48. The molecule has 1 aromatic carbocycles. The largest absolute Gasteiger partial charge is 0.492 e. The van der Waals surface area contributed by atoms with Crippen molar-refractivity contribution in [1.29, 1.82) is 0 Å². The van der Waals surface area contributed by atoms with Gasteiger partial charge in [0.05, 0.1) is 12.3 Å². The molecule has 0 aliphatic heterocycles. The molecule has 5 heteroatoms. The first-order chi connectivity index (χ1) is 11.1. The first-order valence-electron chi connectivity index (χ1n) is 7.97. The second-order valence-corrected chi connectivity index (χ2v) is 5.98. The van der Waals surface area contributed by atoms with E-state index < -0.39 is 5.60 Å². The second-order valence-electron chi connectivity index (χ2n) is 5.98. The standard InChI is InChI=1S/C18H22N2O3/c1-4-23-15-10-9-14(13-6-5-11-19-16(13)15)20-17(21)18(2,22-3)12-7-8-12/h5-6,9-12H,4,7-8H2,1-3H3,(H,20,21)/t18-/m1/s1. The number of aromatic nitrogens is 1.